The van der Waals surface area contributed by atoms with Crippen molar-refractivity contribution < 1.29 is 66.7 Å². The lowest BCUT2D eigenvalue weighted by Gasteiger charge is -2.48. The van der Waals surface area contributed by atoms with E-state index in [1.165, 1.54) is 49.8 Å². The van der Waals surface area contributed by atoms with Gasteiger partial charge in [0.1, 0.15) is 0 Å². The number of nitrogens with zero attached hydrogens (tertiary/aromatic N) is 3. The molecule has 9 atom stereocenters. The maximum atomic E-state index is 14.0. The van der Waals surface area contributed by atoms with Gasteiger partial charge in [-0.25, -0.2) is 0 Å². The number of carbonyl (C=O) groups excluding carboxylic acids is 7. The maximum Gasteiger partial charge on any atom is 0.306 e. The van der Waals surface area contributed by atoms with Gasteiger partial charge in [-0.15, -0.1) is 0 Å². The van der Waals surface area contributed by atoms with E-state index in [0.717, 1.165) is 0 Å². The molecule has 0 amide bonds. The van der Waals surface area contributed by atoms with Crippen LogP contribution in [0.15, 0.2) is 49.3 Å². The Bertz CT molecular complexity index is 2340. The molecule has 18 nitrogen and oxygen atoms in total. The number of rotatable bonds is 18. The summed E-state index contributed by atoms with van der Waals surface area (Å²) in [5.74, 6) is -5.67. The van der Waals surface area contributed by atoms with E-state index in [2.05, 4.69) is 19.2 Å². The van der Waals surface area contributed by atoms with Crippen LogP contribution in [0.1, 0.15) is 126 Å². The minimum Gasteiger partial charge on any atom is -0.469 e. The first-order chi connectivity index (χ1) is 32.8. The zero-order valence-corrected chi connectivity index (χ0v) is 43.8. The highest BCUT2D eigenvalue weighted by Gasteiger charge is 2.66. The van der Waals surface area contributed by atoms with Crippen molar-refractivity contribution in [1.29, 1.82) is 0 Å². The summed E-state index contributed by atoms with van der Waals surface area (Å²) in [7, 11) is 9.21. The highest BCUT2D eigenvalue weighted by Crippen LogP contribution is 2.62. The van der Waals surface area contributed by atoms with Crippen molar-refractivity contribution in [2.75, 3.05) is 49.8 Å². The first-order valence-corrected chi connectivity index (χ1v) is 24.0. The Morgan fingerprint density at radius 2 is 1.07 bits per heavy atom. The van der Waals surface area contributed by atoms with E-state index in [-0.39, 0.29) is 64.2 Å². The number of fused-ring (bicyclic) bond motifs is 6. The second-order valence-corrected chi connectivity index (χ2v) is 20.7. The predicted octanol–water partition coefficient (Wildman–Crippen LogP) is 6.54. The number of aliphatic imine (C=N–C) groups is 3. The van der Waals surface area contributed by atoms with Gasteiger partial charge in [-0.1, -0.05) is 34.6 Å². The molecular formula is C52H74N4O14. The Labute approximate surface area is 411 Å². The molecule has 70 heavy (non-hydrogen) atoms. The molecule has 5 heterocycles. The van der Waals surface area contributed by atoms with Crippen LogP contribution in [0, 0.1) is 45.3 Å². The van der Waals surface area contributed by atoms with Crippen LogP contribution in [0.2, 0.25) is 0 Å². The molecule has 8 bridgehead atoms. The number of carbonyl (C=O) groups is 7. The molecule has 18 heteroatoms. The van der Waals surface area contributed by atoms with Crippen LogP contribution in [0.5, 0.6) is 0 Å². The topological polar surface area (TPSA) is 233 Å². The molecule has 0 aromatic carbocycles. The standard InChI is InChI=1S/C52H74N4O14/c1-28-43-31(17-20-37(58)65-10)48(3,4)35(54-43)25-34-30(16-19-36(57)64-9)50(6,26-41(62)69-14)46(53-34)29(2)44-32(18-21-38(59)66-11)51(7,27-42(63)70-15)52(8,56-44)47-33(24-40(61)68-13)49(5,45(28)55-47)23-22-39(60)67-12/h25,30-33,47,53H,16-24,26-27H2,1-15H3/b34-25-,43-28?,46-29-/t30-,31-,32-,33+,47-,49-,50+,51+,52+/m1/s1. The summed E-state index contributed by atoms with van der Waals surface area (Å²) in [4.78, 5) is 111. The highest BCUT2D eigenvalue weighted by atomic mass is 16.5. The maximum absolute atomic E-state index is 14.0. The lowest BCUT2D eigenvalue weighted by Crippen LogP contribution is -2.55. The van der Waals surface area contributed by atoms with Crippen molar-refractivity contribution in [1.82, 2.24) is 5.32 Å². The van der Waals surface area contributed by atoms with Crippen molar-refractivity contribution in [3.05, 3.63) is 34.3 Å². The van der Waals surface area contributed by atoms with E-state index in [9.17, 15) is 33.6 Å². The SMILES string of the molecule is COC(=O)CC[C@@H]1C2=C(C)C3=N[C@H]([C@H](CC(=O)OC)[C@@]3(C)CCC(=O)OC)[C@]3(C)N=C(/C(C)=C4\N/C(=C\C(=N2)C1(C)C)[C@@H](CCC(=O)OC)[C@]4(C)CC(=O)OC)[C@@H](CCC(=O)OC)[C@]3(C)CC(=O)OC. The molecule has 0 unspecified atom stereocenters. The zero-order chi connectivity index (χ0) is 52.3. The fourth-order valence-electron chi connectivity index (χ4n) is 12.3. The first kappa shape index (κ1) is 55.2. The Kier molecular flexibility index (Phi) is 16.9. The predicted molar refractivity (Wildman–Crippen MR) is 258 cm³/mol. The van der Waals surface area contributed by atoms with Gasteiger partial charge in [-0.05, 0) is 63.7 Å². The summed E-state index contributed by atoms with van der Waals surface area (Å²) in [5.41, 5.74) is -0.483. The van der Waals surface area contributed by atoms with Gasteiger partial charge in [0.2, 0.25) is 0 Å². The van der Waals surface area contributed by atoms with Crippen molar-refractivity contribution in [2.24, 2.45) is 60.3 Å². The number of ether oxygens (including phenoxy) is 7. The third kappa shape index (κ3) is 9.97. The molecule has 0 saturated carbocycles. The van der Waals surface area contributed by atoms with E-state index < -0.39 is 98.7 Å². The Morgan fingerprint density at radius 3 is 1.60 bits per heavy atom. The van der Waals surface area contributed by atoms with E-state index >= 15 is 0 Å². The second kappa shape index (κ2) is 21.4. The quantitative estimate of drug-likeness (QED) is 0.113. The molecule has 0 aromatic rings. The number of allylic oxidation sites excluding steroid dienone is 6. The molecule has 0 spiro atoms. The van der Waals surface area contributed by atoms with Gasteiger partial charge in [0.15, 0.2) is 0 Å². The Hall–Kier alpha value is -5.68. The summed E-state index contributed by atoms with van der Waals surface area (Å²) in [6.45, 7) is 15.7. The van der Waals surface area contributed by atoms with Crippen LogP contribution in [-0.4, -0.2) is 120 Å². The first-order valence-electron chi connectivity index (χ1n) is 24.0. The molecule has 1 fully saturated rings. The normalized spacial score (nSPS) is 32.4. The average molecular weight is 979 g/mol. The number of nitrogens with one attached hydrogen (secondary N) is 1. The van der Waals surface area contributed by atoms with Gasteiger partial charge in [0.05, 0.1) is 80.6 Å². The van der Waals surface area contributed by atoms with Gasteiger partial charge >= 0.3 is 41.8 Å². The summed E-state index contributed by atoms with van der Waals surface area (Å²) in [5, 5.41) is 3.73. The van der Waals surface area contributed by atoms with Gasteiger partial charge in [-0.2, -0.15) is 0 Å². The molecule has 5 aliphatic rings. The molecule has 0 aromatic heterocycles. The fraction of sp³-hybridized carbons (Fsp3) is 0.692. The lowest BCUT2D eigenvalue weighted by molar-refractivity contribution is -0.147. The minimum atomic E-state index is -1.37. The Balaban J connectivity index is 2.05. The van der Waals surface area contributed by atoms with Gasteiger partial charge in [-0.3, -0.25) is 48.5 Å². The van der Waals surface area contributed by atoms with Gasteiger partial charge < -0.3 is 38.5 Å². The third-order valence-electron chi connectivity index (χ3n) is 16.8. The van der Waals surface area contributed by atoms with E-state index in [0.29, 0.717) is 51.8 Å². The van der Waals surface area contributed by atoms with Gasteiger partial charge in [0.25, 0.3) is 0 Å². The second-order valence-electron chi connectivity index (χ2n) is 20.7. The van der Waals surface area contributed by atoms with E-state index in [1.807, 2.05) is 47.6 Å². The molecule has 5 rings (SSSR count). The largest absolute Gasteiger partial charge is 0.469 e. The van der Waals surface area contributed by atoms with E-state index in [1.54, 1.807) is 0 Å². The van der Waals surface area contributed by atoms with Gasteiger partial charge in [0, 0.05) is 105 Å². The van der Waals surface area contributed by atoms with Crippen molar-refractivity contribution in [2.45, 2.75) is 138 Å². The number of esters is 7. The zero-order valence-electron chi connectivity index (χ0n) is 43.8. The summed E-state index contributed by atoms with van der Waals surface area (Å²) in [6.07, 6.45) is 2.42. The highest BCUT2D eigenvalue weighted by molar-refractivity contribution is 6.10. The summed E-state index contributed by atoms with van der Waals surface area (Å²) >= 11 is 0. The molecule has 0 aliphatic carbocycles. The summed E-state index contributed by atoms with van der Waals surface area (Å²) in [6, 6.07) is -0.888. The number of methoxy groups -OCH3 is 7. The van der Waals surface area contributed by atoms with Crippen LogP contribution in [0.4, 0.5) is 0 Å². The molecule has 0 radical (unpaired) electrons. The molecule has 5 aliphatic heterocycles. The van der Waals surface area contributed by atoms with Crippen molar-refractivity contribution >= 4 is 58.9 Å². The van der Waals surface area contributed by atoms with E-state index in [4.69, 9.17) is 48.1 Å². The Morgan fingerprint density at radius 1 is 0.586 bits per heavy atom. The lowest BCUT2D eigenvalue weighted by atomic mass is 9.55. The van der Waals surface area contributed by atoms with Crippen LogP contribution in [0.25, 0.3) is 0 Å². The van der Waals surface area contributed by atoms with Crippen molar-refractivity contribution in [3.63, 3.8) is 0 Å². The van der Waals surface area contributed by atoms with Crippen LogP contribution < -0.4 is 5.32 Å². The van der Waals surface area contributed by atoms with Crippen LogP contribution >= 0.6 is 0 Å². The molecule has 1 saturated heterocycles. The molecular weight excluding hydrogens is 905 g/mol. The van der Waals surface area contributed by atoms with Crippen LogP contribution in [-0.2, 0) is 66.7 Å². The van der Waals surface area contributed by atoms with Crippen LogP contribution in [0.3, 0.4) is 0 Å². The minimum absolute atomic E-state index is 0.0103. The average Bonchev–Trinajstić information content (AvgIpc) is 3.95. The van der Waals surface area contributed by atoms with Crippen molar-refractivity contribution in [3.8, 4) is 0 Å². The molecule has 386 valence electrons. The number of hydrogen-bond donors (Lipinski definition) is 1. The number of hydrogen-bond acceptors (Lipinski definition) is 18. The fourth-order valence-corrected chi connectivity index (χ4v) is 12.3. The molecule has 1 N–H and O–H groups in total. The third-order valence-corrected chi connectivity index (χ3v) is 16.8. The monoisotopic (exact) mass is 979 g/mol. The smallest absolute Gasteiger partial charge is 0.306 e. The summed E-state index contributed by atoms with van der Waals surface area (Å²) < 4.78 is 36.8.